The molecule has 0 bridgehead atoms. The molecular weight excluding hydrogens is 518 g/mol. The summed E-state index contributed by atoms with van der Waals surface area (Å²) in [5, 5.41) is 4.52. The summed E-state index contributed by atoms with van der Waals surface area (Å²) in [7, 11) is 1.66. The number of fused-ring (bicyclic) bond motifs is 1. The van der Waals surface area contributed by atoms with Crippen LogP contribution in [0.2, 0.25) is 0 Å². The number of hydrogen-bond donors (Lipinski definition) is 0. The number of aryl methyl sites for hydroxylation is 3. The molecule has 3 aromatic rings. The van der Waals surface area contributed by atoms with Crippen LogP contribution in [0.3, 0.4) is 0 Å². The molecule has 1 saturated heterocycles. The van der Waals surface area contributed by atoms with Gasteiger partial charge in [-0.2, -0.15) is 5.10 Å². The summed E-state index contributed by atoms with van der Waals surface area (Å²) >= 11 is 1.91. The number of nitrogens with zero attached hydrogens (tertiary/aromatic N) is 5. The van der Waals surface area contributed by atoms with E-state index in [4.69, 9.17) is 4.74 Å². The van der Waals surface area contributed by atoms with E-state index in [0.717, 1.165) is 48.4 Å². The van der Waals surface area contributed by atoms with E-state index in [2.05, 4.69) is 59.6 Å². The summed E-state index contributed by atoms with van der Waals surface area (Å²) in [4.78, 5) is 25.7. The zero-order chi connectivity index (χ0) is 28.1. The highest BCUT2D eigenvalue weighted by molar-refractivity contribution is 7.12. The van der Waals surface area contributed by atoms with Gasteiger partial charge in [-0.25, -0.2) is 4.98 Å². The SMILES string of the molecule is COc1nc(C)cc(C)c1CN1CCc2sc([C@H](C)C3CCC(N4CC(n5cc(C)cn5)C4)CC3)c(C)c2C1=O. The van der Waals surface area contributed by atoms with Crippen molar-refractivity contribution in [2.24, 2.45) is 5.92 Å². The Morgan fingerprint density at radius 2 is 1.85 bits per heavy atom. The monoisotopic (exact) mass is 561 g/mol. The molecule has 0 aromatic carbocycles. The van der Waals surface area contributed by atoms with Gasteiger partial charge in [-0.3, -0.25) is 14.4 Å². The Morgan fingerprint density at radius 1 is 1.10 bits per heavy atom. The average molecular weight is 562 g/mol. The van der Waals surface area contributed by atoms with E-state index in [1.807, 2.05) is 29.4 Å². The zero-order valence-corrected chi connectivity index (χ0v) is 25.7. The minimum atomic E-state index is 0.166. The van der Waals surface area contributed by atoms with E-state index in [1.54, 1.807) is 7.11 Å². The number of likely N-dealkylation sites (tertiary alicyclic amines) is 1. The average Bonchev–Trinajstić information content (AvgIpc) is 3.49. The number of amides is 1. The van der Waals surface area contributed by atoms with Crippen molar-refractivity contribution >= 4 is 17.2 Å². The third-order valence-electron chi connectivity index (χ3n) is 9.72. The Kier molecular flexibility index (Phi) is 7.51. The number of thiophene rings is 1. The van der Waals surface area contributed by atoms with Gasteiger partial charge in [0.05, 0.1) is 31.5 Å². The standard InChI is InChI=1S/C32H43N5O2S/c1-19-14-33-37(15-19)26-16-36(17-26)25-9-7-24(8-10-25)22(4)30-23(5)29-28(40-30)11-12-35(32(29)38)18-27-20(2)13-21(3)34-31(27)39-6/h13-15,22,24-26H,7-12,16-18H2,1-6H3/t22-,24?,25?/m1/s1. The molecule has 5 heterocycles. The topological polar surface area (TPSA) is 63.5 Å². The highest BCUT2D eigenvalue weighted by Gasteiger charge is 2.38. The number of methoxy groups -OCH3 is 1. The van der Waals surface area contributed by atoms with E-state index in [1.165, 1.54) is 46.6 Å². The Morgan fingerprint density at radius 3 is 2.52 bits per heavy atom. The Labute approximate surface area is 242 Å². The van der Waals surface area contributed by atoms with Crippen molar-refractivity contribution < 1.29 is 9.53 Å². The molecule has 1 saturated carbocycles. The molecule has 0 N–H and O–H groups in total. The van der Waals surface area contributed by atoms with Crippen LogP contribution in [0, 0.1) is 33.6 Å². The first-order valence-electron chi connectivity index (χ1n) is 14.9. The molecule has 0 spiro atoms. The molecule has 1 amide bonds. The van der Waals surface area contributed by atoms with Gasteiger partial charge in [0.1, 0.15) is 0 Å². The molecule has 2 fully saturated rings. The van der Waals surface area contributed by atoms with Crippen LogP contribution < -0.4 is 4.74 Å². The third-order valence-corrected chi connectivity index (χ3v) is 11.3. The molecule has 1 atom stereocenters. The minimum absolute atomic E-state index is 0.166. The fourth-order valence-corrected chi connectivity index (χ4v) is 8.71. The predicted molar refractivity (Wildman–Crippen MR) is 159 cm³/mol. The van der Waals surface area contributed by atoms with Crippen LogP contribution in [0.5, 0.6) is 5.88 Å². The van der Waals surface area contributed by atoms with Crippen LogP contribution in [-0.4, -0.2) is 63.3 Å². The Balaban J connectivity index is 1.09. The quantitative estimate of drug-likeness (QED) is 0.354. The maximum absolute atomic E-state index is 13.8. The van der Waals surface area contributed by atoms with Crippen LogP contribution in [0.4, 0.5) is 0 Å². The van der Waals surface area contributed by atoms with Crippen molar-refractivity contribution in [1.29, 1.82) is 0 Å². The zero-order valence-electron chi connectivity index (χ0n) is 24.9. The van der Waals surface area contributed by atoms with Gasteiger partial charge >= 0.3 is 0 Å². The lowest BCUT2D eigenvalue weighted by molar-refractivity contribution is 0.0269. The van der Waals surface area contributed by atoms with Gasteiger partial charge in [-0.1, -0.05) is 6.92 Å². The van der Waals surface area contributed by atoms with Crippen molar-refractivity contribution in [2.75, 3.05) is 26.7 Å². The summed E-state index contributed by atoms with van der Waals surface area (Å²) in [6.45, 7) is 14.3. The molecule has 3 aromatic heterocycles. The number of hydrogen-bond acceptors (Lipinski definition) is 6. The number of carbonyl (C=O) groups is 1. The smallest absolute Gasteiger partial charge is 0.255 e. The van der Waals surface area contributed by atoms with E-state index < -0.39 is 0 Å². The van der Waals surface area contributed by atoms with Gasteiger partial charge in [0.25, 0.3) is 5.91 Å². The Hall–Kier alpha value is -2.71. The highest BCUT2D eigenvalue weighted by atomic mass is 32.1. The molecule has 7 nitrogen and oxygen atoms in total. The predicted octanol–water partition coefficient (Wildman–Crippen LogP) is 6.00. The van der Waals surface area contributed by atoms with Gasteiger partial charge in [0.15, 0.2) is 0 Å². The largest absolute Gasteiger partial charge is 0.481 e. The molecule has 2 aliphatic heterocycles. The van der Waals surface area contributed by atoms with Gasteiger partial charge in [-0.05, 0) is 88.0 Å². The Bertz CT molecular complexity index is 1400. The second-order valence-electron chi connectivity index (χ2n) is 12.4. The molecule has 214 valence electrons. The summed E-state index contributed by atoms with van der Waals surface area (Å²) < 4.78 is 7.74. The lowest BCUT2D eigenvalue weighted by Crippen LogP contribution is -2.53. The number of carbonyl (C=O) groups excluding carboxylic acids is 1. The highest BCUT2D eigenvalue weighted by Crippen LogP contribution is 2.44. The summed E-state index contributed by atoms with van der Waals surface area (Å²) in [6, 6.07) is 3.32. The normalized spacial score (nSPS) is 22.8. The first-order valence-corrected chi connectivity index (χ1v) is 15.7. The molecule has 3 aliphatic rings. The minimum Gasteiger partial charge on any atom is -0.481 e. The van der Waals surface area contributed by atoms with Crippen LogP contribution in [-0.2, 0) is 13.0 Å². The van der Waals surface area contributed by atoms with Crippen LogP contribution >= 0.6 is 11.3 Å². The van der Waals surface area contributed by atoms with E-state index >= 15 is 0 Å². The number of rotatable bonds is 7. The fraction of sp³-hybridized carbons (Fsp3) is 0.594. The number of pyridine rings is 1. The second kappa shape index (κ2) is 10.9. The van der Waals surface area contributed by atoms with Crippen molar-refractivity contribution in [1.82, 2.24) is 24.6 Å². The van der Waals surface area contributed by atoms with E-state index in [9.17, 15) is 4.79 Å². The first-order chi connectivity index (χ1) is 19.2. The molecule has 40 heavy (non-hydrogen) atoms. The summed E-state index contributed by atoms with van der Waals surface area (Å²) in [5.74, 6) is 1.99. The van der Waals surface area contributed by atoms with Crippen LogP contribution in [0.25, 0.3) is 0 Å². The molecule has 8 heteroatoms. The van der Waals surface area contributed by atoms with E-state index in [-0.39, 0.29) is 5.91 Å². The summed E-state index contributed by atoms with van der Waals surface area (Å²) in [6.07, 6.45) is 10.2. The second-order valence-corrected chi connectivity index (χ2v) is 13.5. The maximum atomic E-state index is 13.8. The lowest BCUT2D eigenvalue weighted by atomic mass is 9.76. The third kappa shape index (κ3) is 4.98. The first kappa shape index (κ1) is 27.5. The van der Waals surface area contributed by atoms with Gasteiger partial charge in [0, 0.05) is 59.3 Å². The van der Waals surface area contributed by atoms with Crippen LogP contribution in [0.1, 0.15) is 92.6 Å². The van der Waals surface area contributed by atoms with Crippen molar-refractivity contribution in [3.8, 4) is 5.88 Å². The fourth-order valence-electron chi connectivity index (χ4n) is 7.28. The van der Waals surface area contributed by atoms with Crippen LogP contribution in [0.15, 0.2) is 18.5 Å². The van der Waals surface area contributed by atoms with Crippen molar-refractivity contribution in [2.45, 2.75) is 91.3 Å². The summed E-state index contributed by atoms with van der Waals surface area (Å²) in [5.41, 5.74) is 6.49. The van der Waals surface area contributed by atoms with Gasteiger partial charge < -0.3 is 9.64 Å². The van der Waals surface area contributed by atoms with Gasteiger partial charge in [0.2, 0.25) is 5.88 Å². The maximum Gasteiger partial charge on any atom is 0.255 e. The molecular formula is C32H43N5O2S. The van der Waals surface area contributed by atoms with Gasteiger partial charge in [-0.15, -0.1) is 11.3 Å². The van der Waals surface area contributed by atoms with E-state index in [0.29, 0.717) is 36.3 Å². The van der Waals surface area contributed by atoms with Crippen molar-refractivity contribution in [3.63, 3.8) is 0 Å². The number of aromatic nitrogens is 3. The lowest BCUT2D eigenvalue weighted by Gasteiger charge is -2.47. The van der Waals surface area contributed by atoms with Crippen molar-refractivity contribution in [3.05, 3.63) is 61.7 Å². The molecule has 0 unspecified atom stereocenters. The molecule has 1 aliphatic carbocycles. The number of ether oxygens (including phenoxy) is 1. The molecule has 0 radical (unpaired) electrons. The molecule has 6 rings (SSSR count).